The zero-order chi connectivity index (χ0) is 19.5. The molecule has 1 atom stereocenters. The van der Waals surface area contributed by atoms with Gasteiger partial charge in [-0.1, -0.05) is 17.3 Å². The predicted octanol–water partition coefficient (Wildman–Crippen LogP) is 4.60. The molecule has 0 aliphatic carbocycles. The van der Waals surface area contributed by atoms with Crippen LogP contribution < -0.4 is 5.32 Å². The quantitative estimate of drug-likeness (QED) is 0.721. The van der Waals surface area contributed by atoms with Gasteiger partial charge in [0.1, 0.15) is 5.82 Å². The molecule has 0 spiro atoms. The topological polar surface area (TPSA) is 71.3 Å². The van der Waals surface area contributed by atoms with Crippen molar-refractivity contribution in [1.82, 2.24) is 15.0 Å². The summed E-state index contributed by atoms with van der Waals surface area (Å²) < 4.78 is 18.5. The first-order chi connectivity index (χ1) is 13.6. The molecule has 1 aliphatic heterocycles. The van der Waals surface area contributed by atoms with Gasteiger partial charge in [0.25, 0.3) is 0 Å². The number of rotatable bonds is 3. The number of hydrogen-bond donors (Lipinski definition) is 1. The lowest BCUT2D eigenvalue weighted by atomic mass is 9.98. The molecule has 28 heavy (non-hydrogen) atoms. The fraction of sp³-hybridized carbons (Fsp3) is 0.286. The Bertz CT molecular complexity index is 971. The number of nitrogens with zero attached hydrogens (tertiary/aromatic N) is 3. The number of carbonyl (C=O) groups is 1. The van der Waals surface area contributed by atoms with E-state index in [1.54, 1.807) is 17.0 Å². The summed E-state index contributed by atoms with van der Waals surface area (Å²) in [6, 6.07) is 13.5. The smallest absolute Gasteiger partial charge is 0.321 e. The van der Waals surface area contributed by atoms with Crippen LogP contribution in [0.4, 0.5) is 14.9 Å². The molecule has 1 fully saturated rings. The van der Waals surface area contributed by atoms with Crippen LogP contribution in [0.1, 0.15) is 30.2 Å². The van der Waals surface area contributed by atoms with Gasteiger partial charge in [-0.15, -0.1) is 0 Å². The summed E-state index contributed by atoms with van der Waals surface area (Å²) in [6.07, 6.45) is 1.74. The summed E-state index contributed by atoms with van der Waals surface area (Å²) >= 11 is 0. The highest BCUT2D eigenvalue weighted by atomic mass is 19.1. The van der Waals surface area contributed by atoms with Crippen LogP contribution in [0.15, 0.2) is 53.1 Å². The average molecular weight is 380 g/mol. The van der Waals surface area contributed by atoms with Crippen LogP contribution in [0, 0.1) is 12.7 Å². The van der Waals surface area contributed by atoms with Gasteiger partial charge in [0.2, 0.25) is 11.7 Å². The van der Waals surface area contributed by atoms with Crippen LogP contribution in [0.25, 0.3) is 11.4 Å². The van der Waals surface area contributed by atoms with Gasteiger partial charge in [0.05, 0.1) is 5.92 Å². The normalized spacial score (nSPS) is 16.8. The molecule has 0 radical (unpaired) electrons. The maximum Gasteiger partial charge on any atom is 0.321 e. The van der Waals surface area contributed by atoms with Crippen LogP contribution in [0.2, 0.25) is 0 Å². The second-order valence-corrected chi connectivity index (χ2v) is 7.05. The molecule has 0 saturated carbocycles. The summed E-state index contributed by atoms with van der Waals surface area (Å²) in [7, 11) is 0. The maximum absolute atomic E-state index is 13.1. The van der Waals surface area contributed by atoms with Crippen LogP contribution in [-0.2, 0) is 0 Å². The van der Waals surface area contributed by atoms with Crippen molar-refractivity contribution < 1.29 is 13.7 Å². The highest BCUT2D eigenvalue weighted by Gasteiger charge is 2.28. The number of urea groups is 1. The van der Waals surface area contributed by atoms with E-state index in [1.807, 2.05) is 31.2 Å². The summed E-state index contributed by atoms with van der Waals surface area (Å²) in [5, 5.41) is 6.96. The van der Waals surface area contributed by atoms with E-state index in [-0.39, 0.29) is 17.8 Å². The van der Waals surface area contributed by atoms with Crippen molar-refractivity contribution >= 4 is 11.7 Å². The van der Waals surface area contributed by atoms with Crippen molar-refractivity contribution in [2.75, 3.05) is 18.4 Å². The highest BCUT2D eigenvalue weighted by Crippen LogP contribution is 2.28. The highest BCUT2D eigenvalue weighted by molar-refractivity contribution is 5.89. The van der Waals surface area contributed by atoms with E-state index in [9.17, 15) is 9.18 Å². The Morgan fingerprint density at radius 2 is 2.07 bits per heavy atom. The molecule has 6 nitrogen and oxygen atoms in total. The fourth-order valence-electron chi connectivity index (χ4n) is 3.41. The maximum atomic E-state index is 13.1. The van der Waals surface area contributed by atoms with Gasteiger partial charge in [-0.2, -0.15) is 4.98 Å². The first-order valence-corrected chi connectivity index (χ1v) is 9.30. The van der Waals surface area contributed by atoms with Gasteiger partial charge in [-0.3, -0.25) is 0 Å². The van der Waals surface area contributed by atoms with E-state index >= 15 is 0 Å². The van der Waals surface area contributed by atoms with Crippen LogP contribution in [0.5, 0.6) is 0 Å². The Balaban J connectivity index is 1.43. The zero-order valence-corrected chi connectivity index (χ0v) is 15.6. The number of benzene rings is 2. The van der Waals surface area contributed by atoms with E-state index in [0.717, 1.165) is 24.1 Å². The van der Waals surface area contributed by atoms with Gasteiger partial charge >= 0.3 is 6.03 Å². The second kappa shape index (κ2) is 7.80. The first-order valence-electron chi connectivity index (χ1n) is 9.30. The van der Waals surface area contributed by atoms with Crippen molar-refractivity contribution in [3.05, 3.63) is 65.8 Å². The molecule has 4 rings (SSSR count). The predicted molar refractivity (Wildman–Crippen MR) is 103 cm³/mol. The van der Waals surface area contributed by atoms with E-state index in [1.165, 1.54) is 12.1 Å². The molecular formula is C21H21FN4O2. The fourth-order valence-corrected chi connectivity index (χ4v) is 3.41. The van der Waals surface area contributed by atoms with Crippen molar-refractivity contribution in [2.45, 2.75) is 25.7 Å². The van der Waals surface area contributed by atoms with E-state index < -0.39 is 0 Å². The number of likely N-dealkylation sites (tertiary alicyclic amines) is 1. The molecule has 0 bridgehead atoms. The number of halogens is 1. The van der Waals surface area contributed by atoms with Gasteiger partial charge in [-0.05, 0) is 61.7 Å². The van der Waals surface area contributed by atoms with Crippen LogP contribution in [-0.4, -0.2) is 34.2 Å². The third-order valence-electron chi connectivity index (χ3n) is 4.87. The Labute approximate surface area is 162 Å². The molecule has 1 aromatic heterocycles. The standard InChI is InChI=1S/C21H21FN4O2/c1-14-4-2-6-18(12-14)23-21(27)26-11-3-5-16(13-26)20-24-19(25-28-20)15-7-9-17(22)10-8-15/h2,4,6-10,12,16H,3,5,11,13H2,1H3,(H,23,27)/t16-/m0/s1. The van der Waals surface area contributed by atoms with Crippen molar-refractivity contribution in [3.8, 4) is 11.4 Å². The number of carbonyl (C=O) groups excluding carboxylic acids is 1. The Morgan fingerprint density at radius 3 is 2.86 bits per heavy atom. The number of nitrogens with one attached hydrogen (secondary N) is 1. The Hall–Kier alpha value is -3.22. The molecule has 1 saturated heterocycles. The number of anilines is 1. The lowest BCUT2D eigenvalue weighted by molar-refractivity contribution is 0.184. The third-order valence-corrected chi connectivity index (χ3v) is 4.87. The Morgan fingerprint density at radius 1 is 1.25 bits per heavy atom. The van der Waals surface area contributed by atoms with E-state index in [0.29, 0.717) is 30.4 Å². The molecule has 3 aromatic rings. The van der Waals surface area contributed by atoms with Gasteiger partial charge in [0, 0.05) is 24.3 Å². The molecule has 1 aliphatic rings. The monoisotopic (exact) mass is 380 g/mol. The molecule has 2 amide bonds. The molecular weight excluding hydrogens is 359 g/mol. The van der Waals surface area contributed by atoms with Gasteiger partial charge < -0.3 is 14.7 Å². The first kappa shape index (κ1) is 18.2. The number of piperidine rings is 1. The molecule has 0 unspecified atom stereocenters. The summed E-state index contributed by atoms with van der Waals surface area (Å²) in [6.45, 7) is 3.19. The van der Waals surface area contributed by atoms with E-state index in [4.69, 9.17) is 4.52 Å². The largest absolute Gasteiger partial charge is 0.339 e. The molecule has 7 heteroatoms. The van der Waals surface area contributed by atoms with Crippen molar-refractivity contribution in [2.24, 2.45) is 0 Å². The van der Waals surface area contributed by atoms with Gasteiger partial charge in [0.15, 0.2) is 0 Å². The summed E-state index contributed by atoms with van der Waals surface area (Å²) in [5.74, 6) is 0.609. The van der Waals surface area contributed by atoms with Crippen LogP contribution in [0.3, 0.4) is 0 Å². The average Bonchev–Trinajstić information content (AvgIpc) is 3.19. The lowest BCUT2D eigenvalue weighted by Gasteiger charge is -2.31. The zero-order valence-electron chi connectivity index (χ0n) is 15.6. The van der Waals surface area contributed by atoms with Crippen molar-refractivity contribution in [1.29, 1.82) is 0 Å². The SMILES string of the molecule is Cc1cccc(NC(=O)N2CCC[C@H](c3nc(-c4ccc(F)cc4)no3)C2)c1. The molecule has 1 N–H and O–H groups in total. The second-order valence-electron chi connectivity index (χ2n) is 7.05. The minimum absolute atomic E-state index is 0.0151. The Kier molecular flexibility index (Phi) is 5.06. The summed E-state index contributed by atoms with van der Waals surface area (Å²) in [5.41, 5.74) is 2.57. The third kappa shape index (κ3) is 4.03. The minimum atomic E-state index is -0.310. The number of hydrogen-bond acceptors (Lipinski definition) is 4. The molecule has 144 valence electrons. The summed E-state index contributed by atoms with van der Waals surface area (Å²) in [4.78, 5) is 18.9. The molecule has 2 heterocycles. The number of aryl methyl sites for hydroxylation is 1. The van der Waals surface area contributed by atoms with Crippen LogP contribution >= 0.6 is 0 Å². The van der Waals surface area contributed by atoms with Gasteiger partial charge in [-0.25, -0.2) is 9.18 Å². The molecule has 2 aromatic carbocycles. The van der Waals surface area contributed by atoms with E-state index in [2.05, 4.69) is 15.5 Å². The lowest BCUT2D eigenvalue weighted by Crippen LogP contribution is -2.41. The number of aromatic nitrogens is 2. The number of amides is 2. The van der Waals surface area contributed by atoms with Crippen molar-refractivity contribution in [3.63, 3.8) is 0 Å². The minimum Gasteiger partial charge on any atom is -0.339 e.